The van der Waals surface area contributed by atoms with Gasteiger partial charge in [-0.15, -0.1) is 0 Å². The van der Waals surface area contributed by atoms with Crippen molar-refractivity contribution in [2.75, 3.05) is 17.7 Å². The number of rotatable bonds is 6. The molecule has 1 aliphatic rings. The molecule has 4 aromatic rings. The first kappa shape index (κ1) is 20.7. The second-order valence-electron chi connectivity index (χ2n) is 7.89. The van der Waals surface area contributed by atoms with Crippen LogP contribution in [0.4, 0.5) is 15.9 Å². The molecule has 0 atom stereocenters. The van der Waals surface area contributed by atoms with Crippen LogP contribution in [-0.4, -0.2) is 28.5 Å². The number of halogens is 1. The second kappa shape index (κ2) is 8.38. The lowest BCUT2D eigenvalue weighted by Crippen LogP contribution is -2.14. The van der Waals surface area contributed by atoms with Gasteiger partial charge in [-0.3, -0.25) is 9.59 Å². The Morgan fingerprint density at radius 2 is 1.94 bits per heavy atom. The van der Waals surface area contributed by atoms with Crippen molar-refractivity contribution in [3.8, 4) is 11.4 Å². The molecule has 0 aliphatic heterocycles. The van der Waals surface area contributed by atoms with Gasteiger partial charge in [0.15, 0.2) is 11.6 Å². The van der Waals surface area contributed by atoms with E-state index in [9.17, 15) is 14.0 Å². The fourth-order valence-corrected chi connectivity index (χ4v) is 3.72. The highest BCUT2D eigenvalue weighted by Gasteiger charge is 2.29. The summed E-state index contributed by atoms with van der Waals surface area (Å²) in [5, 5.41) is 6.54. The Balaban J connectivity index is 1.42. The Morgan fingerprint density at radius 1 is 1.09 bits per heavy atom. The van der Waals surface area contributed by atoms with Gasteiger partial charge in [0, 0.05) is 35.3 Å². The molecule has 0 spiro atoms. The molecule has 8 heteroatoms. The molecule has 0 radical (unpaired) electrons. The standard InChI is InChI=1S/C25H21FN4O3/c1-33-22-8-7-16(13-19(22)26)25(32)28-20-3-2-4-21-18(20)10-12-30(21)17-9-11-27-23(14-17)29-24(31)15-5-6-15/h2-4,7-15H,5-6H2,1H3,(H,28,32)(H,27,29,31). The van der Waals surface area contributed by atoms with Crippen molar-refractivity contribution < 1.29 is 18.7 Å². The van der Waals surface area contributed by atoms with Crippen LogP contribution in [-0.2, 0) is 4.79 Å². The number of anilines is 2. The molecule has 1 saturated carbocycles. The quantitative estimate of drug-likeness (QED) is 0.449. The first-order valence-electron chi connectivity index (χ1n) is 10.6. The van der Waals surface area contributed by atoms with Crippen LogP contribution in [0.2, 0.25) is 0 Å². The third kappa shape index (κ3) is 4.15. The highest BCUT2D eigenvalue weighted by molar-refractivity contribution is 6.09. The van der Waals surface area contributed by atoms with E-state index in [0.29, 0.717) is 11.5 Å². The van der Waals surface area contributed by atoms with Crippen molar-refractivity contribution in [3.63, 3.8) is 0 Å². The molecule has 2 aromatic carbocycles. The average molecular weight is 444 g/mol. The Labute approximate surface area is 189 Å². The zero-order chi connectivity index (χ0) is 22.9. The van der Waals surface area contributed by atoms with Gasteiger partial charge in [0.2, 0.25) is 5.91 Å². The summed E-state index contributed by atoms with van der Waals surface area (Å²) in [5.74, 6) is -0.360. The summed E-state index contributed by atoms with van der Waals surface area (Å²) in [6, 6.07) is 15.2. The first-order chi connectivity index (χ1) is 16.0. The van der Waals surface area contributed by atoms with Crippen molar-refractivity contribution >= 4 is 34.2 Å². The lowest BCUT2D eigenvalue weighted by molar-refractivity contribution is -0.117. The van der Waals surface area contributed by atoms with Crippen LogP contribution in [0.15, 0.2) is 67.0 Å². The van der Waals surface area contributed by atoms with Gasteiger partial charge in [0.05, 0.1) is 24.0 Å². The zero-order valence-electron chi connectivity index (χ0n) is 17.8. The third-order valence-corrected chi connectivity index (χ3v) is 5.62. The second-order valence-corrected chi connectivity index (χ2v) is 7.89. The molecule has 2 N–H and O–H groups in total. The molecule has 0 saturated heterocycles. The van der Waals surface area contributed by atoms with E-state index in [1.54, 1.807) is 12.3 Å². The van der Waals surface area contributed by atoms with Gasteiger partial charge in [0.1, 0.15) is 5.82 Å². The summed E-state index contributed by atoms with van der Waals surface area (Å²) in [6.07, 6.45) is 5.37. The maximum absolute atomic E-state index is 14.0. The van der Waals surface area contributed by atoms with Gasteiger partial charge >= 0.3 is 0 Å². The Kier molecular flexibility index (Phi) is 5.26. The van der Waals surface area contributed by atoms with E-state index in [-0.39, 0.29) is 23.1 Å². The van der Waals surface area contributed by atoms with Crippen LogP contribution < -0.4 is 15.4 Å². The van der Waals surface area contributed by atoms with E-state index in [1.165, 1.54) is 19.2 Å². The summed E-state index contributed by atoms with van der Waals surface area (Å²) in [4.78, 5) is 29.0. The lowest BCUT2D eigenvalue weighted by atomic mass is 10.1. The van der Waals surface area contributed by atoms with E-state index in [1.807, 2.05) is 41.1 Å². The van der Waals surface area contributed by atoms with Crippen LogP contribution >= 0.6 is 0 Å². The van der Waals surface area contributed by atoms with Gasteiger partial charge in [-0.2, -0.15) is 0 Å². The molecule has 166 valence electrons. The van der Waals surface area contributed by atoms with Gasteiger partial charge in [-0.1, -0.05) is 6.07 Å². The topological polar surface area (TPSA) is 85.2 Å². The number of methoxy groups -OCH3 is 1. The van der Waals surface area contributed by atoms with Crippen molar-refractivity contribution in [2.45, 2.75) is 12.8 Å². The Morgan fingerprint density at radius 3 is 2.70 bits per heavy atom. The van der Waals surface area contributed by atoms with Gasteiger partial charge < -0.3 is 19.9 Å². The van der Waals surface area contributed by atoms with Crippen LogP contribution in [0.5, 0.6) is 5.75 Å². The predicted octanol–water partition coefficient (Wildman–Crippen LogP) is 4.77. The molecule has 2 amide bonds. The Bertz CT molecular complexity index is 1380. The lowest BCUT2D eigenvalue weighted by Gasteiger charge is -2.11. The SMILES string of the molecule is COc1ccc(C(=O)Nc2cccc3c2ccn3-c2ccnc(NC(=O)C3CC3)c2)cc1F. The summed E-state index contributed by atoms with van der Waals surface area (Å²) in [7, 11) is 1.37. The van der Waals surface area contributed by atoms with Crippen molar-refractivity contribution in [1.29, 1.82) is 0 Å². The fourth-order valence-electron chi connectivity index (χ4n) is 3.72. The number of amides is 2. The summed E-state index contributed by atoms with van der Waals surface area (Å²) < 4.78 is 20.9. The predicted molar refractivity (Wildman–Crippen MR) is 123 cm³/mol. The monoisotopic (exact) mass is 444 g/mol. The minimum absolute atomic E-state index is 0.00279. The Hall–Kier alpha value is -4.20. The molecule has 5 rings (SSSR count). The smallest absolute Gasteiger partial charge is 0.255 e. The zero-order valence-corrected chi connectivity index (χ0v) is 17.8. The number of fused-ring (bicyclic) bond motifs is 1. The van der Waals surface area contributed by atoms with Crippen LogP contribution in [0.3, 0.4) is 0 Å². The average Bonchev–Trinajstić information content (AvgIpc) is 3.58. The summed E-state index contributed by atoms with van der Waals surface area (Å²) >= 11 is 0. The van der Waals surface area contributed by atoms with E-state index in [4.69, 9.17) is 4.74 Å². The number of carbonyl (C=O) groups is 2. The number of aromatic nitrogens is 2. The summed E-state index contributed by atoms with van der Waals surface area (Å²) in [6.45, 7) is 0. The number of ether oxygens (including phenoxy) is 1. The molecular formula is C25H21FN4O3. The minimum Gasteiger partial charge on any atom is -0.494 e. The van der Waals surface area contributed by atoms with E-state index >= 15 is 0 Å². The van der Waals surface area contributed by atoms with Gasteiger partial charge in [-0.25, -0.2) is 9.37 Å². The fraction of sp³-hybridized carbons (Fsp3) is 0.160. The number of hydrogen-bond donors (Lipinski definition) is 2. The normalized spacial score (nSPS) is 13.0. The number of nitrogens with one attached hydrogen (secondary N) is 2. The van der Waals surface area contributed by atoms with Crippen molar-refractivity contribution in [2.24, 2.45) is 5.92 Å². The number of pyridine rings is 1. The molecule has 7 nitrogen and oxygen atoms in total. The molecule has 33 heavy (non-hydrogen) atoms. The van der Waals surface area contributed by atoms with Crippen LogP contribution in [0.25, 0.3) is 16.6 Å². The van der Waals surface area contributed by atoms with E-state index in [2.05, 4.69) is 15.6 Å². The van der Waals surface area contributed by atoms with Crippen molar-refractivity contribution in [3.05, 3.63) is 78.4 Å². The molecule has 1 fully saturated rings. The number of carbonyl (C=O) groups excluding carboxylic acids is 2. The molecule has 0 bridgehead atoms. The molecule has 1 aliphatic carbocycles. The van der Waals surface area contributed by atoms with E-state index < -0.39 is 11.7 Å². The largest absolute Gasteiger partial charge is 0.494 e. The molecule has 2 aromatic heterocycles. The van der Waals surface area contributed by atoms with Crippen molar-refractivity contribution in [1.82, 2.24) is 9.55 Å². The van der Waals surface area contributed by atoms with Crippen LogP contribution in [0.1, 0.15) is 23.2 Å². The molecular weight excluding hydrogens is 423 g/mol. The number of benzene rings is 2. The number of nitrogens with zero attached hydrogens (tertiary/aromatic N) is 2. The summed E-state index contributed by atoms with van der Waals surface area (Å²) in [5.41, 5.74) is 2.48. The highest BCUT2D eigenvalue weighted by atomic mass is 19.1. The van der Waals surface area contributed by atoms with Gasteiger partial charge in [-0.05, 0) is 55.3 Å². The third-order valence-electron chi connectivity index (χ3n) is 5.62. The molecule has 2 heterocycles. The minimum atomic E-state index is -0.600. The van der Waals surface area contributed by atoms with Gasteiger partial charge in [0.25, 0.3) is 5.91 Å². The highest BCUT2D eigenvalue weighted by Crippen LogP contribution is 2.31. The maximum atomic E-state index is 14.0. The maximum Gasteiger partial charge on any atom is 0.255 e. The first-order valence-corrected chi connectivity index (χ1v) is 10.6. The molecule has 0 unspecified atom stereocenters. The van der Waals surface area contributed by atoms with Crippen LogP contribution in [0, 0.1) is 11.7 Å². The number of hydrogen-bond acceptors (Lipinski definition) is 4. The van der Waals surface area contributed by atoms with E-state index in [0.717, 1.165) is 35.5 Å².